The summed E-state index contributed by atoms with van der Waals surface area (Å²) in [5, 5.41) is 0. The molecule has 0 N–H and O–H groups in total. The van der Waals surface area contributed by atoms with Gasteiger partial charge in [0, 0.05) is 16.6 Å². The summed E-state index contributed by atoms with van der Waals surface area (Å²) < 4.78 is 22.8. The van der Waals surface area contributed by atoms with Crippen molar-refractivity contribution in [2.45, 2.75) is 19.8 Å². The SMILES string of the molecule is COC(=O)C1=CCC=C(C(=O)OC)C1(C)Cc1ccc(F)cc1. The molecule has 0 aromatic heterocycles. The molecule has 0 radical (unpaired) electrons. The van der Waals surface area contributed by atoms with Gasteiger partial charge in [0.15, 0.2) is 0 Å². The highest BCUT2D eigenvalue weighted by molar-refractivity contribution is 5.98. The molecule has 122 valence electrons. The van der Waals surface area contributed by atoms with Crippen molar-refractivity contribution in [1.29, 1.82) is 0 Å². The number of carbonyl (C=O) groups excluding carboxylic acids is 2. The molecule has 0 fully saturated rings. The van der Waals surface area contributed by atoms with Crippen LogP contribution in [0.15, 0.2) is 47.6 Å². The Hall–Kier alpha value is -2.43. The van der Waals surface area contributed by atoms with Crippen LogP contribution < -0.4 is 0 Å². The zero-order valence-electron chi connectivity index (χ0n) is 13.4. The smallest absolute Gasteiger partial charge is 0.334 e. The van der Waals surface area contributed by atoms with Crippen LogP contribution in [0, 0.1) is 11.2 Å². The molecule has 0 aliphatic heterocycles. The molecule has 5 heteroatoms. The van der Waals surface area contributed by atoms with Crippen LogP contribution in [0.1, 0.15) is 18.9 Å². The molecule has 0 unspecified atom stereocenters. The van der Waals surface area contributed by atoms with Crippen molar-refractivity contribution in [3.63, 3.8) is 0 Å². The first-order chi connectivity index (χ1) is 10.9. The quantitative estimate of drug-likeness (QED) is 0.801. The number of halogens is 1. The second kappa shape index (κ2) is 6.77. The van der Waals surface area contributed by atoms with Gasteiger partial charge < -0.3 is 9.47 Å². The Labute approximate surface area is 134 Å². The molecule has 23 heavy (non-hydrogen) atoms. The Bertz CT molecular complexity index is 639. The first-order valence-electron chi connectivity index (χ1n) is 7.24. The van der Waals surface area contributed by atoms with Crippen molar-refractivity contribution in [2.75, 3.05) is 14.2 Å². The van der Waals surface area contributed by atoms with Crippen LogP contribution in [0.25, 0.3) is 0 Å². The summed E-state index contributed by atoms with van der Waals surface area (Å²) in [7, 11) is 2.61. The molecule has 2 rings (SSSR count). The summed E-state index contributed by atoms with van der Waals surface area (Å²) in [6.07, 6.45) is 4.31. The maximum atomic E-state index is 13.1. The number of methoxy groups -OCH3 is 2. The maximum Gasteiger partial charge on any atom is 0.334 e. The molecule has 1 aromatic carbocycles. The average molecular weight is 318 g/mol. The molecule has 0 bridgehead atoms. The van der Waals surface area contributed by atoms with Crippen LogP contribution in [0.5, 0.6) is 0 Å². The molecule has 0 amide bonds. The Balaban J connectivity index is 2.46. The number of hydrogen-bond acceptors (Lipinski definition) is 4. The van der Waals surface area contributed by atoms with E-state index in [9.17, 15) is 14.0 Å². The van der Waals surface area contributed by atoms with Gasteiger partial charge in [-0.1, -0.05) is 31.2 Å². The zero-order valence-corrected chi connectivity index (χ0v) is 13.4. The molecule has 1 aliphatic rings. The van der Waals surface area contributed by atoms with Crippen molar-refractivity contribution >= 4 is 11.9 Å². The van der Waals surface area contributed by atoms with E-state index < -0.39 is 17.4 Å². The van der Waals surface area contributed by atoms with Crippen LogP contribution in [-0.2, 0) is 25.5 Å². The van der Waals surface area contributed by atoms with Crippen LogP contribution in [-0.4, -0.2) is 26.2 Å². The molecular formula is C18H19FO4. The highest BCUT2D eigenvalue weighted by Gasteiger charge is 2.42. The van der Waals surface area contributed by atoms with Gasteiger partial charge in [0.25, 0.3) is 0 Å². The second-order valence-electron chi connectivity index (χ2n) is 5.59. The molecule has 4 nitrogen and oxygen atoms in total. The molecule has 0 saturated carbocycles. The topological polar surface area (TPSA) is 52.6 Å². The third kappa shape index (κ3) is 3.33. The number of rotatable bonds is 4. The lowest BCUT2D eigenvalue weighted by Crippen LogP contribution is -2.35. The van der Waals surface area contributed by atoms with Gasteiger partial charge in [-0.3, -0.25) is 0 Å². The van der Waals surface area contributed by atoms with E-state index in [-0.39, 0.29) is 5.82 Å². The minimum atomic E-state index is -0.893. The van der Waals surface area contributed by atoms with Crippen molar-refractivity contribution in [2.24, 2.45) is 5.41 Å². The fourth-order valence-electron chi connectivity index (χ4n) is 2.93. The largest absolute Gasteiger partial charge is 0.466 e. The predicted molar refractivity (Wildman–Crippen MR) is 83.0 cm³/mol. The third-order valence-electron chi connectivity index (χ3n) is 4.11. The Morgan fingerprint density at radius 3 is 1.96 bits per heavy atom. The van der Waals surface area contributed by atoms with E-state index in [2.05, 4.69) is 0 Å². The first-order valence-corrected chi connectivity index (χ1v) is 7.24. The molecule has 0 saturated heterocycles. The minimum absolute atomic E-state index is 0.338. The van der Waals surface area contributed by atoms with Crippen LogP contribution in [0.3, 0.4) is 0 Å². The molecule has 1 aromatic rings. The molecule has 0 heterocycles. The van der Waals surface area contributed by atoms with Gasteiger partial charge in [0.2, 0.25) is 0 Å². The number of benzene rings is 1. The van der Waals surface area contributed by atoms with Crippen molar-refractivity contribution < 1.29 is 23.5 Å². The van der Waals surface area contributed by atoms with E-state index in [1.807, 2.05) is 0 Å². The second-order valence-corrected chi connectivity index (χ2v) is 5.59. The lowest BCUT2D eigenvalue weighted by atomic mass is 9.68. The molecule has 1 aliphatic carbocycles. The van der Waals surface area contributed by atoms with E-state index in [1.54, 1.807) is 31.2 Å². The normalized spacial score (nSPS) is 16.2. The minimum Gasteiger partial charge on any atom is -0.466 e. The van der Waals surface area contributed by atoms with Crippen LogP contribution in [0.2, 0.25) is 0 Å². The van der Waals surface area contributed by atoms with E-state index in [0.29, 0.717) is 24.0 Å². The Morgan fingerprint density at radius 1 is 1.04 bits per heavy atom. The van der Waals surface area contributed by atoms with Gasteiger partial charge in [-0.25, -0.2) is 14.0 Å². The molecular weight excluding hydrogens is 299 g/mol. The lowest BCUT2D eigenvalue weighted by molar-refractivity contribution is -0.138. The third-order valence-corrected chi connectivity index (χ3v) is 4.11. The van der Waals surface area contributed by atoms with Gasteiger partial charge in [-0.15, -0.1) is 0 Å². The Kier molecular flexibility index (Phi) is 4.98. The summed E-state index contributed by atoms with van der Waals surface area (Å²) in [5.41, 5.74) is 0.732. The van der Waals surface area contributed by atoms with Crippen LogP contribution >= 0.6 is 0 Å². The summed E-state index contributed by atoms with van der Waals surface area (Å²) in [6.45, 7) is 1.79. The van der Waals surface area contributed by atoms with Gasteiger partial charge in [-0.2, -0.15) is 0 Å². The van der Waals surface area contributed by atoms with E-state index in [1.165, 1.54) is 26.4 Å². The zero-order chi connectivity index (χ0) is 17.0. The molecule has 0 atom stereocenters. The first kappa shape index (κ1) is 16.9. The summed E-state index contributed by atoms with van der Waals surface area (Å²) in [6, 6.07) is 5.98. The molecule has 0 spiro atoms. The lowest BCUT2D eigenvalue weighted by Gasteiger charge is -2.34. The highest BCUT2D eigenvalue weighted by Crippen LogP contribution is 2.43. The average Bonchev–Trinajstić information content (AvgIpc) is 2.55. The predicted octanol–water partition coefficient (Wildman–Crippen LogP) is 2.98. The van der Waals surface area contributed by atoms with E-state index in [4.69, 9.17) is 9.47 Å². The highest BCUT2D eigenvalue weighted by atomic mass is 19.1. The maximum absolute atomic E-state index is 13.1. The van der Waals surface area contributed by atoms with Gasteiger partial charge in [-0.05, 0) is 30.5 Å². The summed E-state index contributed by atoms with van der Waals surface area (Å²) in [4.78, 5) is 24.3. The van der Waals surface area contributed by atoms with Crippen molar-refractivity contribution in [3.8, 4) is 0 Å². The fraction of sp³-hybridized carbons (Fsp3) is 0.333. The fourth-order valence-corrected chi connectivity index (χ4v) is 2.93. The van der Waals surface area contributed by atoms with Crippen LogP contribution in [0.4, 0.5) is 4.39 Å². The number of ether oxygens (including phenoxy) is 2. The van der Waals surface area contributed by atoms with Gasteiger partial charge in [0.1, 0.15) is 5.82 Å². The van der Waals surface area contributed by atoms with E-state index in [0.717, 1.165) is 5.56 Å². The standard InChI is InChI=1S/C18H19FO4/c1-18(11-12-7-9-13(19)10-8-12)14(16(20)22-2)5-4-6-15(18)17(21)23-3/h5-10H,4,11H2,1-3H3. The number of hydrogen-bond donors (Lipinski definition) is 0. The summed E-state index contributed by atoms with van der Waals surface area (Å²) >= 11 is 0. The number of carbonyl (C=O) groups is 2. The van der Waals surface area contributed by atoms with Crippen molar-refractivity contribution in [3.05, 3.63) is 58.9 Å². The summed E-state index contributed by atoms with van der Waals surface area (Å²) in [5.74, 6) is -1.30. The number of esters is 2. The Morgan fingerprint density at radius 2 is 1.52 bits per heavy atom. The monoisotopic (exact) mass is 318 g/mol. The van der Waals surface area contributed by atoms with Crippen molar-refractivity contribution in [1.82, 2.24) is 0 Å². The van der Waals surface area contributed by atoms with Gasteiger partial charge >= 0.3 is 11.9 Å². The number of allylic oxidation sites excluding steroid dienone is 2. The van der Waals surface area contributed by atoms with Gasteiger partial charge in [0.05, 0.1) is 14.2 Å². The van der Waals surface area contributed by atoms with E-state index >= 15 is 0 Å².